The van der Waals surface area contributed by atoms with Gasteiger partial charge >= 0.3 is 0 Å². The first-order chi connectivity index (χ1) is 6.63. The number of alkyl halides is 1. The topological polar surface area (TPSA) is 46.9 Å². The first-order valence-corrected chi connectivity index (χ1v) is 5.65. The normalized spacial score (nSPS) is 10.6. The minimum atomic E-state index is 0.00480. The fourth-order valence-corrected chi connectivity index (χ4v) is 1.35. The molecule has 0 unspecified atom stereocenters. The summed E-state index contributed by atoms with van der Waals surface area (Å²) in [4.78, 5) is 11.2. The van der Waals surface area contributed by atoms with E-state index in [1.54, 1.807) is 6.20 Å². The zero-order valence-corrected chi connectivity index (χ0v) is 9.91. The summed E-state index contributed by atoms with van der Waals surface area (Å²) in [6.45, 7) is 4.08. The van der Waals surface area contributed by atoms with Gasteiger partial charge in [0.05, 0.1) is 11.9 Å². The number of nitrogens with one attached hydrogen (secondary N) is 1. The van der Waals surface area contributed by atoms with Crippen LogP contribution in [0.3, 0.4) is 0 Å². The molecule has 0 spiro atoms. The van der Waals surface area contributed by atoms with Crippen molar-refractivity contribution in [2.45, 2.75) is 26.3 Å². The van der Waals surface area contributed by atoms with Gasteiger partial charge in [0, 0.05) is 24.0 Å². The van der Waals surface area contributed by atoms with Crippen LogP contribution in [0.5, 0.6) is 0 Å². The van der Waals surface area contributed by atoms with Gasteiger partial charge in [-0.1, -0.05) is 15.9 Å². The molecule has 4 nitrogen and oxygen atoms in total. The van der Waals surface area contributed by atoms with Crippen molar-refractivity contribution < 1.29 is 4.79 Å². The Morgan fingerprint density at radius 2 is 2.43 bits per heavy atom. The minimum absolute atomic E-state index is 0.00480. The Kier molecular flexibility index (Phi) is 4.13. The molecule has 0 aliphatic carbocycles. The second kappa shape index (κ2) is 5.14. The van der Waals surface area contributed by atoms with E-state index in [2.05, 4.69) is 26.3 Å². The van der Waals surface area contributed by atoms with Gasteiger partial charge in [-0.25, -0.2) is 0 Å². The zero-order valence-electron chi connectivity index (χ0n) is 8.33. The second-order valence-electron chi connectivity index (χ2n) is 3.29. The Morgan fingerprint density at radius 1 is 1.71 bits per heavy atom. The Hall–Kier alpha value is -0.840. The van der Waals surface area contributed by atoms with Gasteiger partial charge in [-0.15, -0.1) is 0 Å². The van der Waals surface area contributed by atoms with E-state index in [4.69, 9.17) is 0 Å². The quantitative estimate of drug-likeness (QED) is 0.843. The second-order valence-corrected chi connectivity index (χ2v) is 4.08. The number of nitrogens with zero attached hydrogens (tertiary/aromatic N) is 2. The van der Waals surface area contributed by atoms with E-state index in [-0.39, 0.29) is 5.91 Å². The van der Waals surface area contributed by atoms with Crippen molar-refractivity contribution in [2.24, 2.45) is 0 Å². The van der Waals surface area contributed by atoms with E-state index in [0.717, 1.165) is 5.69 Å². The molecule has 1 amide bonds. The third-order valence-corrected chi connectivity index (χ3v) is 2.13. The van der Waals surface area contributed by atoms with Crippen molar-refractivity contribution in [1.29, 1.82) is 0 Å². The molecule has 1 aromatic heterocycles. The molecule has 0 aliphatic rings. The van der Waals surface area contributed by atoms with Crippen molar-refractivity contribution >= 4 is 27.5 Å². The number of hydrogen-bond donors (Lipinski definition) is 1. The summed E-state index contributed by atoms with van der Waals surface area (Å²) in [5.41, 5.74) is 0.754. The van der Waals surface area contributed by atoms with Gasteiger partial charge in [0.25, 0.3) is 0 Å². The highest BCUT2D eigenvalue weighted by Crippen LogP contribution is 2.10. The molecular weight excluding hydrogens is 246 g/mol. The fraction of sp³-hybridized carbons (Fsp3) is 0.556. The Labute approximate surface area is 91.8 Å². The number of rotatable bonds is 4. The van der Waals surface area contributed by atoms with Gasteiger partial charge in [-0.05, 0) is 13.8 Å². The lowest BCUT2D eigenvalue weighted by Gasteiger charge is -2.03. The van der Waals surface area contributed by atoms with E-state index >= 15 is 0 Å². The molecule has 0 fully saturated rings. The molecule has 0 saturated heterocycles. The van der Waals surface area contributed by atoms with Crippen molar-refractivity contribution in [3.8, 4) is 0 Å². The molecule has 1 N–H and O–H groups in total. The largest absolute Gasteiger partial charge is 0.323 e. The Morgan fingerprint density at radius 3 is 2.93 bits per heavy atom. The smallest absolute Gasteiger partial charge is 0.225 e. The molecule has 5 heteroatoms. The van der Waals surface area contributed by atoms with Crippen molar-refractivity contribution in [3.63, 3.8) is 0 Å². The molecule has 1 aromatic rings. The van der Waals surface area contributed by atoms with Crippen LogP contribution in [0.25, 0.3) is 0 Å². The van der Waals surface area contributed by atoms with Crippen LogP contribution in [-0.2, 0) is 4.79 Å². The lowest BCUT2D eigenvalue weighted by atomic mass is 10.4. The fourth-order valence-electron chi connectivity index (χ4n) is 0.994. The van der Waals surface area contributed by atoms with Crippen molar-refractivity contribution in [3.05, 3.63) is 12.4 Å². The molecule has 78 valence electrons. The highest BCUT2D eigenvalue weighted by Gasteiger charge is 2.04. The van der Waals surface area contributed by atoms with Crippen LogP contribution in [-0.4, -0.2) is 21.0 Å². The average molecular weight is 260 g/mol. The summed E-state index contributed by atoms with van der Waals surface area (Å²) >= 11 is 3.21. The maximum absolute atomic E-state index is 11.2. The number of halogens is 1. The molecule has 0 aliphatic heterocycles. The van der Waals surface area contributed by atoms with Crippen LogP contribution in [0.1, 0.15) is 26.3 Å². The molecule has 0 aromatic carbocycles. The van der Waals surface area contributed by atoms with Crippen LogP contribution in [0.4, 0.5) is 5.69 Å². The molecule has 0 atom stereocenters. The third kappa shape index (κ3) is 3.14. The lowest BCUT2D eigenvalue weighted by Crippen LogP contribution is -2.11. The monoisotopic (exact) mass is 259 g/mol. The van der Waals surface area contributed by atoms with Crippen molar-refractivity contribution in [1.82, 2.24) is 9.78 Å². The van der Waals surface area contributed by atoms with Crippen LogP contribution in [0.2, 0.25) is 0 Å². The standard InChI is InChI=1S/C9H14BrN3O/c1-7(2)13-6-8(5-11-13)12-9(14)3-4-10/h5-7H,3-4H2,1-2H3,(H,12,14). The predicted octanol–water partition coefficient (Wildman–Crippen LogP) is 2.19. The number of aromatic nitrogens is 2. The summed E-state index contributed by atoms with van der Waals surface area (Å²) in [7, 11) is 0. The summed E-state index contributed by atoms with van der Waals surface area (Å²) in [6, 6.07) is 0.317. The van der Waals surface area contributed by atoms with E-state index < -0.39 is 0 Å². The molecule has 14 heavy (non-hydrogen) atoms. The number of anilines is 1. The average Bonchev–Trinajstić information content (AvgIpc) is 2.53. The summed E-state index contributed by atoms with van der Waals surface area (Å²) in [5.74, 6) is 0.00480. The maximum atomic E-state index is 11.2. The predicted molar refractivity (Wildman–Crippen MR) is 59.7 cm³/mol. The molecule has 1 rings (SSSR count). The van der Waals surface area contributed by atoms with Crippen LogP contribution >= 0.6 is 15.9 Å². The summed E-state index contributed by atoms with van der Waals surface area (Å²) < 4.78 is 1.81. The van der Waals surface area contributed by atoms with Crippen LogP contribution in [0, 0.1) is 0 Å². The summed E-state index contributed by atoms with van der Waals surface area (Å²) in [6.07, 6.45) is 3.97. The summed E-state index contributed by atoms with van der Waals surface area (Å²) in [5, 5.41) is 7.56. The van der Waals surface area contributed by atoms with E-state index in [1.165, 1.54) is 0 Å². The molecule has 1 heterocycles. The van der Waals surface area contributed by atoms with E-state index in [0.29, 0.717) is 17.8 Å². The van der Waals surface area contributed by atoms with E-state index in [9.17, 15) is 4.79 Å². The van der Waals surface area contributed by atoms with Crippen LogP contribution < -0.4 is 5.32 Å². The number of carbonyl (C=O) groups excluding carboxylic acids is 1. The Balaban J connectivity index is 2.55. The van der Waals surface area contributed by atoms with Gasteiger partial charge in [-0.2, -0.15) is 5.10 Å². The Bertz CT molecular complexity index is 309. The molecule has 0 radical (unpaired) electrons. The number of hydrogen-bond acceptors (Lipinski definition) is 2. The van der Waals surface area contributed by atoms with Gasteiger partial charge in [0.2, 0.25) is 5.91 Å². The molecular formula is C9H14BrN3O. The van der Waals surface area contributed by atoms with Crippen molar-refractivity contribution in [2.75, 3.05) is 10.6 Å². The van der Waals surface area contributed by atoms with Gasteiger partial charge in [-0.3, -0.25) is 9.48 Å². The lowest BCUT2D eigenvalue weighted by molar-refractivity contribution is -0.115. The number of carbonyl (C=O) groups is 1. The van der Waals surface area contributed by atoms with Gasteiger partial charge < -0.3 is 5.32 Å². The molecule has 0 bridgehead atoms. The molecule has 0 saturated carbocycles. The highest BCUT2D eigenvalue weighted by atomic mass is 79.9. The minimum Gasteiger partial charge on any atom is -0.323 e. The highest BCUT2D eigenvalue weighted by molar-refractivity contribution is 9.09. The first-order valence-electron chi connectivity index (χ1n) is 4.53. The van der Waals surface area contributed by atoms with Crippen LogP contribution in [0.15, 0.2) is 12.4 Å². The number of amides is 1. The SMILES string of the molecule is CC(C)n1cc(NC(=O)CCBr)cn1. The van der Waals surface area contributed by atoms with Gasteiger partial charge in [0.15, 0.2) is 0 Å². The zero-order chi connectivity index (χ0) is 10.6. The first kappa shape index (κ1) is 11.2. The third-order valence-electron chi connectivity index (χ3n) is 1.74. The van der Waals surface area contributed by atoms with E-state index in [1.807, 2.05) is 24.7 Å². The maximum Gasteiger partial charge on any atom is 0.225 e. The van der Waals surface area contributed by atoms with Gasteiger partial charge in [0.1, 0.15) is 0 Å².